The summed E-state index contributed by atoms with van der Waals surface area (Å²) < 4.78 is 20.6. The van der Waals surface area contributed by atoms with E-state index in [2.05, 4.69) is 31.9 Å². The molecule has 15 nitrogen and oxygen atoms in total. The second kappa shape index (κ2) is 46.4. The Kier molecular flexibility index (Phi) is 46.0. The average molecular weight is 911 g/mol. The number of hydrogen-bond donors (Lipinski definition) is 5. The van der Waals surface area contributed by atoms with Crippen molar-refractivity contribution in [2.75, 3.05) is 71.8 Å². The van der Waals surface area contributed by atoms with Crippen molar-refractivity contribution in [3.05, 3.63) is 0 Å². The zero-order valence-corrected chi connectivity index (χ0v) is 38.1. The van der Waals surface area contributed by atoms with Crippen LogP contribution in [0.25, 0.3) is 0 Å². The van der Waals surface area contributed by atoms with Crippen molar-refractivity contribution in [2.24, 2.45) is 0 Å². The van der Waals surface area contributed by atoms with Crippen LogP contribution in [0, 0.1) is 0 Å². The highest BCUT2D eigenvalue weighted by Crippen LogP contribution is 2.14. The Balaban J connectivity index is 0. The lowest BCUT2D eigenvalue weighted by molar-refractivity contribution is -0.143. The molecule has 0 aliphatic carbocycles. The summed E-state index contributed by atoms with van der Waals surface area (Å²) in [5.74, 6) is -2.24. The number of carbonyl (C=O) groups is 6. The van der Waals surface area contributed by atoms with Gasteiger partial charge in [-0.1, -0.05) is 113 Å². The lowest BCUT2D eigenvalue weighted by Crippen LogP contribution is -2.42. The first-order chi connectivity index (χ1) is 28.6. The van der Waals surface area contributed by atoms with Gasteiger partial charge in [0.25, 0.3) is 0 Å². The molecule has 3 amide bonds. The minimum atomic E-state index is -1.11. The van der Waals surface area contributed by atoms with E-state index in [9.17, 15) is 33.9 Å². The zero-order chi connectivity index (χ0) is 44.0. The molecule has 0 aromatic heterocycles. The number of halogens is 1. The quantitative estimate of drug-likeness (QED) is 0.0312. The molecule has 0 aromatic rings. The van der Waals surface area contributed by atoms with Gasteiger partial charge in [0, 0.05) is 52.7 Å². The molecular weight excluding hydrogens is 830 g/mol. The van der Waals surface area contributed by atoms with Gasteiger partial charge in [0.05, 0.1) is 25.2 Å². The van der Waals surface area contributed by atoms with Crippen LogP contribution in [-0.4, -0.2) is 123 Å². The van der Waals surface area contributed by atoms with Crippen molar-refractivity contribution in [1.29, 1.82) is 0 Å². The van der Waals surface area contributed by atoms with E-state index in [4.69, 9.17) is 24.1 Å². The molecule has 0 saturated carbocycles. The van der Waals surface area contributed by atoms with Crippen molar-refractivity contribution in [3.8, 4) is 0 Å². The number of nitrogens with one attached hydrogen (secondary N) is 3. The molecule has 5 N–H and O–H groups in total. The molecule has 59 heavy (non-hydrogen) atoms. The molecule has 0 fully saturated rings. The summed E-state index contributed by atoms with van der Waals surface area (Å²) in [5, 5.41) is 26.0. The van der Waals surface area contributed by atoms with Crippen molar-refractivity contribution in [1.82, 2.24) is 16.0 Å². The van der Waals surface area contributed by atoms with E-state index in [-0.39, 0.29) is 55.8 Å². The molecule has 16 heteroatoms. The van der Waals surface area contributed by atoms with E-state index in [1.165, 1.54) is 77.0 Å². The highest BCUT2D eigenvalue weighted by Gasteiger charge is 2.19. The predicted octanol–water partition coefficient (Wildman–Crippen LogP) is 6.90. The third-order valence-corrected chi connectivity index (χ3v) is 9.64. The standard InChI is InChI=1S/C23H45NO4.C20H35BrN2O8/c1-28-21-20-24-22(25)18-16-14-12-10-8-6-4-2-3-5-7-9-11-13-15-17-19-23(26)27;1-2-9-30-14-16(24)6-5-10-29-11-12-31-15-19(26)23-17(20(27)28)7-3-4-8-22-18(25)13-21/h2-21H2,1H3,(H,24,25)(H,26,27);17H,2-15H2,1H3,(H,22,25)(H,23,26)(H,27,28)/t;17-/m.0/s1. The number of amides is 3. The lowest BCUT2D eigenvalue weighted by atomic mass is 10.0. The lowest BCUT2D eigenvalue weighted by Gasteiger charge is -2.14. The topological polar surface area (TPSA) is 216 Å². The SMILES string of the molecule is CCCOCC(=O)CCCOCCOCC(=O)N[C@@H](CCCCNC(=O)CBr)C(=O)O.COCCNC(=O)CCCCCCCCCCCCCCCCCCC(=O)O. The molecule has 0 radical (unpaired) electrons. The van der Waals surface area contributed by atoms with Crippen LogP contribution < -0.4 is 16.0 Å². The Morgan fingerprint density at radius 1 is 0.525 bits per heavy atom. The zero-order valence-electron chi connectivity index (χ0n) is 36.5. The Bertz CT molecular complexity index is 1050. The number of rotatable bonds is 43. The fourth-order valence-corrected chi connectivity index (χ4v) is 6.02. The maximum Gasteiger partial charge on any atom is 0.326 e. The van der Waals surface area contributed by atoms with Crippen LogP contribution in [0.4, 0.5) is 0 Å². The molecule has 0 rings (SSSR count). The number of methoxy groups -OCH3 is 1. The van der Waals surface area contributed by atoms with Crippen LogP contribution in [0.3, 0.4) is 0 Å². The smallest absolute Gasteiger partial charge is 0.326 e. The summed E-state index contributed by atoms with van der Waals surface area (Å²) in [6.45, 7) is 4.96. The maximum atomic E-state index is 11.8. The molecule has 0 unspecified atom stereocenters. The Morgan fingerprint density at radius 2 is 1.05 bits per heavy atom. The van der Waals surface area contributed by atoms with Gasteiger partial charge in [-0.15, -0.1) is 0 Å². The van der Waals surface area contributed by atoms with E-state index in [0.717, 1.165) is 32.1 Å². The number of Topliss-reactive ketones (excluding diaryl/α,β-unsaturated/α-hetero) is 1. The number of alkyl halides is 1. The monoisotopic (exact) mass is 909 g/mol. The highest BCUT2D eigenvalue weighted by atomic mass is 79.9. The van der Waals surface area contributed by atoms with Gasteiger partial charge in [-0.25, -0.2) is 4.79 Å². The van der Waals surface area contributed by atoms with E-state index in [1.54, 1.807) is 7.11 Å². The van der Waals surface area contributed by atoms with Gasteiger partial charge in [0.15, 0.2) is 5.78 Å². The van der Waals surface area contributed by atoms with Gasteiger partial charge < -0.3 is 45.1 Å². The number of carboxylic acids is 2. The Morgan fingerprint density at radius 3 is 1.58 bits per heavy atom. The summed E-state index contributed by atoms with van der Waals surface area (Å²) in [6, 6.07) is -1.00. The van der Waals surface area contributed by atoms with E-state index in [0.29, 0.717) is 71.4 Å². The third-order valence-electron chi connectivity index (χ3n) is 9.13. The fraction of sp³-hybridized carbons (Fsp3) is 0.860. The van der Waals surface area contributed by atoms with Gasteiger partial charge in [-0.05, 0) is 44.9 Å². The summed E-state index contributed by atoms with van der Waals surface area (Å²) >= 11 is 3.04. The molecule has 346 valence electrons. The second-order valence-corrected chi connectivity index (χ2v) is 15.3. The second-order valence-electron chi connectivity index (χ2n) is 14.7. The van der Waals surface area contributed by atoms with Crippen molar-refractivity contribution in [2.45, 2.75) is 167 Å². The van der Waals surface area contributed by atoms with Crippen LogP contribution in [0.15, 0.2) is 0 Å². The van der Waals surface area contributed by atoms with Crippen LogP contribution in [0.2, 0.25) is 0 Å². The number of ether oxygens (including phenoxy) is 4. The number of aliphatic carboxylic acids is 2. The molecule has 0 aliphatic rings. The molecule has 0 aliphatic heterocycles. The largest absolute Gasteiger partial charge is 0.481 e. The molecule has 0 bridgehead atoms. The number of carbonyl (C=O) groups excluding carboxylic acids is 4. The van der Waals surface area contributed by atoms with Gasteiger partial charge in [-0.3, -0.25) is 24.0 Å². The summed E-state index contributed by atoms with van der Waals surface area (Å²) in [6.07, 6.45) is 24.0. The van der Waals surface area contributed by atoms with E-state index in [1.807, 2.05) is 6.92 Å². The van der Waals surface area contributed by atoms with Crippen molar-refractivity contribution in [3.63, 3.8) is 0 Å². The fourth-order valence-electron chi connectivity index (χ4n) is 5.82. The first-order valence-electron chi connectivity index (χ1n) is 22.1. The molecule has 0 aromatic carbocycles. The van der Waals surface area contributed by atoms with Gasteiger partial charge in [0.1, 0.15) is 19.3 Å². The predicted molar refractivity (Wildman–Crippen MR) is 233 cm³/mol. The van der Waals surface area contributed by atoms with Crippen LogP contribution >= 0.6 is 15.9 Å². The summed E-state index contributed by atoms with van der Waals surface area (Å²) in [7, 11) is 1.64. The normalized spacial score (nSPS) is 11.3. The van der Waals surface area contributed by atoms with Gasteiger partial charge >= 0.3 is 11.9 Å². The van der Waals surface area contributed by atoms with E-state index >= 15 is 0 Å². The maximum absolute atomic E-state index is 11.8. The number of ketones is 1. The van der Waals surface area contributed by atoms with Crippen LogP contribution in [0.5, 0.6) is 0 Å². The van der Waals surface area contributed by atoms with Crippen molar-refractivity contribution >= 4 is 51.4 Å². The molecule has 1 atom stereocenters. The molecular formula is C43H80BrN3O12. The van der Waals surface area contributed by atoms with Gasteiger partial charge in [-0.2, -0.15) is 0 Å². The average Bonchev–Trinajstić information content (AvgIpc) is 3.20. The highest BCUT2D eigenvalue weighted by molar-refractivity contribution is 9.09. The minimum absolute atomic E-state index is 0.0432. The van der Waals surface area contributed by atoms with Gasteiger partial charge in [0.2, 0.25) is 17.7 Å². The summed E-state index contributed by atoms with van der Waals surface area (Å²) in [5.41, 5.74) is 0. The first-order valence-corrected chi connectivity index (χ1v) is 23.3. The molecule has 0 heterocycles. The number of unbranched alkanes of at least 4 members (excludes halogenated alkanes) is 16. The van der Waals surface area contributed by atoms with Crippen LogP contribution in [0.1, 0.15) is 161 Å². The third kappa shape index (κ3) is 47.9. The summed E-state index contributed by atoms with van der Waals surface area (Å²) in [4.78, 5) is 67.6. The molecule has 0 saturated heterocycles. The van der Waals surface area contributed by atoms with E-state index < -0.39 is 23.9 Å². The number of hydrogen-bond acceptors (Lipinski definition) is 10. The van der Waals surface area contributed by atoms with Crippen molar-refractivity contribution < 1.29 is 57.9 Å². The number of carboxylic acid groups (broad SMARTS) is 2. The Hall–Kier alpha value is -2.66. The van der Waals surface area contributed by atoms with Crippen LogP contribution in [-0.2, 0) is 47.7 Å². The molecule has 0 spiro atoms. The Labute approximate surface area is 363 Å². The minimum Gasteiger partial charge on any atom is -0.481 e. The first kappa shape index (κ1) is 58.4.